The highest BCUT2D eigenvalue weighted by atomic mass is 32.2. The average Bonchev–Trinajstić information content (AvgIpc) is 3.15. The van der Waals surface area contributed by atoms with Crippen molar-refractivity contribution in [3.8, 4) is 11.8 Å². The zero-order valence-electron chi connectivity index (χ0n) is 14.6. The average molecular weight is 426 g/mol. The van der Waals surface area contributed by atoms with Gasteiger partial charge in [-0.1, -0.05) is 23.9 Å². The van der Waals surface area contributed by atoms with Crippen LogP contribution in [0.3, 0.4) is 0 Å². The van der Waals surface area contributed by atoms with Gasteiger partial charge in [-0.25, -0.2) is 4.39 Å². The molecule has 146 valence electrons. The van der Waals surface area contributed by atoms with Crippen LogP contribution < -0.4 is 9.64 Å². The zero-order chi connectivity index (χ0) is 20.3. The van der Waals surface area contributed by atoms with Gasteiger partial charge in [0.1, 0.15) is 27.6 Å². The van der Waals surface area contributed by atoms with Crippen molar-refractivity contribution in [2.24, 2.45) is 0 Å². The van der Waals surface area contributed by atoms with Crippen molar-refractivity contribution in [3.63, 3.8) is 0 Å². The van der Waals surface area contributed by atoms with Crippen LogP contribution >= 0.6 is 23.5 Å². The van der Waals surface area contributed by atoms with E-state index in [1.807, 2.05) is 29.2 Å². The summed E-state index contributed by atoms with van der Waals surface area (Å²) in [7, 11) is 1.53. The van der Waals surface area contributed by atoms with E-state index in [1.165, 1.54) is 18.9 Å². The molecule has 1 saturated heterocycles. The molecular weight excluding hydrogens is 412 g/mol. The van der Waals surface area contributed by atoms with Crippen LogP contribution in [0.1, 0.15) is 5.56 Å². The molecule has 0 aliphatic carbocycles. The molecule has 0 radical (unpaired) electrons. The molecular formula is C19H14F4N2OS2. The highest BCUT2D eigenvalue weighted by Crippen LogP contribution is 2.44. The first-order valence-corrected chi connectivity index (χ1v) is 9.87. The number of thioether (sulfide) groups is 2. The molecule has 0 N–H and O–H groups in total. The summed E-state index contributed by atoms with van der Waals surface area (Å²) in [5.41, 5.74) is -0.220. The summed E-state index contributed by atoms with van der Waals surface area (Å²) in [5, 5.41) is 10.2. The molecule has 0 amide bonds. The Morgan fingerprint density at radius 3 is 2.68 bits per heavy atom. The van der Waals surface area contributed by atoms with Gasteiger partial charge >= 0.3 is 6.18 Å². The fourth-order valence-corrected chi connectivity index (χ4v) is 4.77. The van der Waals surface area contributed by atoms with E-state index in [2.05, 4.69) is 0 Å². The molecule has 28 heavy (non-hydrogen) atoms. The first-order chi connectivity index (χ1) is 13.3. The normalized spacial score (nSPS) is 16.1. The second kappa shape index (κ2) is 8.37. The molecule has 0 saturated carbocycles. The number of nitriles is 1. The number of halogens is 4. The number of para-hydroxylation sites is 2. The number of nitrogens with zero attached hydrogens (tertiary/aromatic N) is 2. The van der Waals surface area contributed by atoms with Crippen molar-refractivity contribution >= 4 is 29.2 Å². The van der Waals surface area contributed by atoms with Gasteiger partial charge in [-0.15, -0.1) is 11.8 Å². The van der Waals surface area contributed by atoms with Crippen LogP contribution in [0.25, 0.3) is 0 Å². The van der Waals surface area contributed by atoms with E-state index < -0.39 is 17.6 Å². The first-order valence-electron chi connectivity index (χ1n) is 8.07. The number of rotatable bonds is 4. The summed E-state index contributed by atoms with van der Waals surface area (Å²) in [5.74, 6) is 0.484. The van der Waals surface area contributed by atoms with Gasteiger partial charge in [-0.05, 0) is 30.3 Å². The third kappa shape index (κ3) is 4.23. The number of hydrogen-bond donors (Lipinski definition) is 0. The van der Waals surface area contributed by atoms with Crippen molar-refractivity contribution < 1.29 is 22.3 Å². The van der Waals surface area contributed by atoms with E-state index in [0.29, 0.717) is 40.9 Å². The molecule has 1 fully saturated rings. The number of allylic oxidation sites excluding steroid dienone is 1. The Kier molecular flexibility index (Phi) is 6.10. The topological polar surface area (TPSA) is 36.3 Å². The lowest BCUT2D eigenvalue weighted by Gasteiger charge is -2.22. The molecule has 0 atom stereocenters. The van der Waals surface area contributed by atoms with Crippen LogP contribution in [0.5, 0.6) is 5.75 Å². The molecule has 9 heteroatoms. The number of methoxy groups -OCH3 is 1. The fourth-order valence-electron chi connectivity index (χ4n) is 2.67. The molecule has 2 aromatic rings. The SMILES string of the molecule is COc1ccccc1N1CCSC1=C(C#N)Sc1cc(C(F)(F)F)ccc1F. The fraction of sp³-hybridized carbons (Fsp3) is 0.211. The highest BCUT2D eigenvalue weighted by molar-refractivity contribution is 8.07. The van der Waals surface area contributed by atoms with Crippen LogP contribution in [0.2, 0.25) is 0 Å². The monoisotopic (exact) mass is 426 g/mol. The minimum absolute atomic E-state index is 0.131. The Morgan fingerprint density at radius 1 is 1.25 bits per heavy atom. The van der Waals surface area contributed by atoms with Crippen molar-refractivity contribution in [2.45, 2.75) is 11.1 Å². The molecule has 1 aliphatic rings. The molecule has 0 spiro atoms. The van der Waals surface area contributed by atoms with Gasteiger partial charge in [0, 0.05) is 17.2 Å². The molecule has 0 bridgehead atoms. The standard InChI is InChI=1S/C19H14F4N2OS2/c1-26-15-5-3-2-4-14(15)25-8-9-27-18(25)17(11-24)28-16-10-12(19(21,22)23)6-7-13(16)20/h2-7,10H,8-9H2,1H3. The lowest BCUT2D eigenvalue weighted by Crippen LogP contribution is -2.18. The number of hydrogen-bond acceptors (Lipinski definition) is 5. The zero-order valence-corrected chi connectivity index (χ0v) is 16.2. The minimum Gasteiger partial charge on any atom is -0.495 e. The second-order valence-corrected chi connectivity index (χ2v) is 7.80. The third-order valence-electron chi connectivity index (χ3n) is 3.94. The molecule has 1 heterocycles. The number of anilines is 1. The van der Waals surface area contributed by atoms with Crippen molar-refractivity contribution in [1.82, 2.24) is 0 Å². The Labute approximate surface area is 168 Å². The maximum atomic E-state index is 14.1. The Hall–Kier alpha value is -2.31. The van der Waals surface area contributed by atoms with E-state index in [0.717, 1.165) is 17.8 Å². The lowest BCUT2D eigenvalue weighted by atomic mass is 10.2. The predicted octanol–water partition coefficient (Wildman–Crippen LogP) is 5.89. The van der Waals surface area contributed by atoms with Crippen LogP contribution in [0.15, 0.2) is 57.3 Å². The summed E-state index contributed by atoms with van der Waals surface area (Å²) in [6.07, 6.45) is -4.59. The van der Waals surface area contributed by atoms with E-state index in [4.69, 9.17) is 4.74 Å². The Bertz CT molecular complexity index is 954. The van der Waals surface area contributed by atoms with Crippen molar-refractivity contribution in [2.75, 3.05) is 24.3 Å². The summed E-state index contributed by atoms with van der Waals surface area (Å²) in [6.45, 7) is 0.594. The summed E-state index contributed by atoms with van der Waals surface area (Å²) < 4.78 is 58.3. The van der Waals surface area contributed by atoms with Crippen molar-refractivity contribution in [3.05, 3.63) is 63.8 Å². The summed E-state index contributed by atoms with van der Waals surface area (Å²) in [6, 6.07) is 11.4. The maximum absolute atomic E-state index is 14.1. The smallest absolute Gasteiger partial charge is 0.416 e. The number of benzene rings is 2. The van der Waals surface area contributed by atoms with Crippen molar-refractivity contribution in [1.29, 1.82) is 5.26 Å². The van der Waals surface area contributed by atoms with Gasteiger partial charge in [-0.2, -0.15) is 18.4 Å². The van der Waals surface area contributed by atoms with Gasteiger partial charge in [0.25, 0.3) is 0 Å². The maximum Gasteiger partial charge on any atom is 0.416 e. The first kappa shape index (κ1) is 20.4. The van der Waals surface area contributed by atoms with Crippen LogP contribution in [0, 0.1) is 17.1 Å². The van der Waals surface area contributed by atoms with Crippen LogP contribution in [-0.4, -0.2) is 19.4 Å². The number of alkyl halides is 3. The van der Waals surface area contributed by atoms with Crippen LogP contribution in [-0.2, 0) is 6.18 Å². The van der Waals surface area contributed by atoms with Gasteiger partial charge in [-0.3, -0.25) is 0 Å². The molecule has 3 nitrogen and oxygen atoms in total. The number of ether oxygens (including phenoxy) is 1. The summed E-state index contributed by atoms with van der Waals surface area (Å²) >= 11 is 2.09. The van der Waals surface area contributed by atoms with Gasteiger partial charge < -0.3 is 9.64 Å². The third-order valence-corrected chi connectivity index (χ3v) is 6.18. The Morgan fingerprint density at radius 2 is 2.00 bits per heavy atom. The molecule has 2 aromatic carbocycles. The van der Waals surface area contributed by atoms with Gasteiger partial charge in [0.2, 0.25) is 0 Å². The van der Waals surface area contributed by atoms with E-state index in [1.54, 1.807) is 6.07 Å². The molecule has 3 rings (SSSR count). The quantitative estimate of drug-likeness (QED) is 0.346. The van der Waals surface area contributed by atoms with Gasteiger partial charge in [0.15, 0.2) is 0 Å². The summed E-state index contributed by atoms with van der Waals surface area (Å²) in [4.78, 5) is 1.75. The van der Waals surface area contributed by atoms with E-state index >= 15 is 0 Å². The largest absolute Gasteiger partial charge is 0.495 e. The minimum atomic E-state index is -4.59. The van der Waals surface area contributed by atoms with Crippen LogP contribution in [0.4, 0.5) is 23.2 Å². The van der Waals surface area contributed by atoms with Gasteiger partial charge in [0.05, 0.1) is 18.4 Å². The van der Waals surface area contributed by atoms with E-state index in [9.17, 15) is 22.8 Å². The molecule has 1 aliphatic heterocycles. The molecule has 0 unspecified atom stereocenters. The van der Waals surface area contributed by atoms with E-state index in [-0.39, 0.29) is 9.80 Å². The molecule has 0 aromatic heterocycles. The Balaban J connectivity index is 2.01. The lowest BCUT2D eigenvalue weighted by molar-refractivity contribution is -0.137. The highest BCUT2D eigenvalue weighted by Gasteiger charge is 2.32. The second-order valence-electron chi connectivity index (χ2n) is 5.66. The predicted molar refractivity (Wildman–Crippen MR) is 103 cm³/mol.